The molecule has 0 spiro atoms. The number of rotatable bonds is 16. The average Bonchev–Trinajstić information content (AvgIpc) is 2.99. The van der Waals surface area contributed by atoms with Gasteiger partial charge in [0.05, 0.1) is 11.4 Å². The van der Waals surface area contributed by atoms with Crippen LogP contribution in [0.2, 0.25) is 0 Å². The lowest BCUT2D eigenvalue weighted by molar-refractivity contribution is 0.0977. The number of hydrogen-bond acceptors (Lipinski definition) is 4. The van der Waals surface area contributed by atoms with Crippen LogP contribution in [0.1, 0.15) is 123 Å². The Kier molecular flexibility index (Phi) is 11.7. The molecule has 3 aromatic carbocycles. The molecule has 4 heteroatoms. The fourth-order valence-corrected chi connectivity index (χ4v) is 7.05. The van der Waals surface area contributed by atoms with Gasteiger partial charge >= 0.3 is 0 Å². The van der Waals surface area contributed by atoms with E-state index in [1.165, 1.54) is 44.9 Å². The topological polar surface area (TPSA) is 37.4 Å². The number of fused-ring (bicyclic) bond motifs is 2. The van der Waals surface area contributed by atoms with Gasteiger partial charge in [-0.2, -0.15) is 0 Å². The number of carbonyl (C=O) groups excluding carboxylic acids is 2. The molecule has 0 N–H and O–H groups in total. The summed E-state index contributed by atoms with van der Waals surface area (Å²) in [5.74, 6) is 0.840. The molecule has 0 radical (unpaired) electrons. The number of benzene rings is 3. The van der Waals surface area contributed by atoms with E-state index in [0.29, 0.717) is 12.3 Å². The lowest BCUT2D eigenvalue weighted by Crippen LogP contribution is -2.28. The van der Waals surface area contributed by atoms with Crippen molar-refractivity contribution >= 4 is 34.7 Å². The molecule has 0 saturated heterocycles. The molecule has 0 aliphatic carbocycles. The van der Waals surface area contributed by atoms with E-state index in [-0.39, 0.29) is 11.6 Å². The van der Waals surface area contributed by atoms with Gasteiger partial charge in [-0.25, -0.2) is 0 Å². The predicted molar refractivity (Wildman–Crippen MR) is 174 cm³/mol. The number of ketones is 2. The lowest BCUT2D eigenvalue weighted by atomic mass is 9.96. The van der Waals surface area contributed by atoms with Crippen molar-refractivity contribution in [2.45, 2.75) is 108 Å². The highest BCUT2D eigenvalue weighted by Gasteiger charge is 2.30. The molecule has 3 nitrogen and oxygen atoms in total. The Balaban J connectivity index is 1.67. The quantitative estimate of drug-likeness (QED) is 0.127. The van der Waals surface area contributed by atoms with E-state index >= 15 is 0 Å². The van der Waals surface area contributed by atoms with Crippen LogP contribution in [0.25, 0.3) is 0 Å². The summed E-state index contributed by atoms with van der Waals surface area (Å²) in [6.07, 6.45) is 12.4. The molecule has 3 aromatic rings. The summed E-state index contributed by atoms with van der Waals surface area (Å²) in [6.45, 7) is 9.67. The number of nitrogens with zero attached hydrogens (tertiary/aromatic N) is 1. The van der Waals surface area contributed by atoms with Gasteiger partial charge in [-0.3, -0.25) is 9.59 Å². The SMILES string of the molecule is CCCCCCCCC(=O)c1ccc2c(c1)Sc1c(C(=O)c3ccccc3C)cccc1N2CC(CC)CCCC. The van der Waals surface area contributed by atoms with Crippen LogP contribution in [0.3, 0.4) is 0 Å². The highest BCUT2D eigenvalue weighted by molar-refractivity contribution is 7.99. The van der Waals surface area contributed by atoms with Gasteiger partial charge in [0, 0.05) is 39.4 Å². The normalized spacial score (nSPS) is 13.0. The van der Waals surface area contributed by atoms with Gasteiger partial charge in [0.2, 0.25) is 0 Å². The number of Topliss-reactive ketones (excluding diaryl/α,β-unsaturated/α-hetero) is 1. The van der Waals surface area contributed by atoms with E-state index in [1.807, 2.05) is 49.4 Å². The molecule has 1 aliphatic rings. The molecule has 0 bridgehead atoms. The van der Waals surface area contributed by atoms with E-state index in [4.69, 9.17) is 0 Å². The van der Waals surface area contributed by atoms with Gasteiger partial charge in [0.15, 0.2) is 11.6 Å². The van der Waals surface area contributed by atoms with Crippen LogP contribution < -0.4 is 4.90 Å². The molecule has 4 rings (SSSR count). The standard InChI is InChI=1S/C37H47NO2S/c1-5-8-10-11-12-13-22-34(39)29-23-24-32-35(25-29)41-37-31(36(40)30-19-15-14-17-27(30)4)20-16-21-33(37)38(32)26-28(7-3)18-9-6-2/h14-17,19-21,23-25,28H,5-13,18,22,26H2,1-4H3. The van der Waals surface area contributed by atoms with Crippen molar-refractivity contribution in [3.8, 4) is 0 Å². The largest absolute Gasteiger partial charge is 0.339 e. The Labute approximate surface area is 252 Å². The van der Waals surface area contributed by atoms with Gasteiger partial charge < -0.3 is 4.90 Å². The number of carbonyl (C=O) groups is 2. The van der Waals surface area contributed by atoms with Crippen LogP contribution in [0.4, 0.5) is 11.4 Å². The van der Waals surface area contributed by atoms with Crippen LogP contribution in [-0.4, -0.2) is 18.1 Å². The first-order valence-electron chi connectivity index (χ1n) is 15.8. The first kappa shape index (κ1) is 31.1. The summed E-state index contributed by atoms with van der Waals surface area (Å²) in [5, 5.41) is 0. The van der Waals surface area contributed by atoms with Crippen molar-refractivity contribution in [1.82, 2.24) is 0 Å². The molecule has 1 unspecified atom stereocenters. The second-order valence-corrected chi connectivity index (χ2v) is 12.6. The van der Waals surface area contributed by atoms with Crippen molar-refractivity contribution in [2.75, 3.05) is 11.4 Å². The number of unbranched alkanes of at least 4 members (excludes halogenated alkanes) is 6. The maximum absolute atomic E-state index is 13.9. The molecule has 41 heavy (non-hydrogen) atoms. The summed E-state index contributed by atoms with van der Waals surface area (Å²) >= 11 is 1.65. The summed E-state index contributed by atoms with van der Waals surface area (Å²) in [6, 6.07) is 20.2. The van der Waals surface area contributed by atoms with Gasteiger partial charge in [-0.05, 0) is 61.6 Å². The van der Waals surface area contributed by atoms with Crippen LogP contribution >= 0.6 is 11.8 Å². The zero-order valence-corrected chi connectivity index (χ0v) is 26.3. The van der Waals surface area contributed by atoms with Gasteiger partial charge in [-0.1, -0.05) is 114 Å². The summed E-state index contributed by atoms with van der Waals surface area (Å²) in [7, 11) is 0. The predicted octanol–water partition coefficient (Wildman–Crippen LogP) is 11.0. The maximum Gasteiger partial charge on any atom is 0.194 e. The molecule has 1 heterocycles. The van der Waals surface area contributed by atoms with E-state index in [2.05, 4.69) is 43.9 Å². The zero-order chi connectivity index (χ0) is 29.2. The van der Waals surface area contributed by atoms with Gasteiger partial charge in [0.1, 0.15) is 0 Å². The summed E-state index contributed by atoms with van der Waals surface area (Å²) in [4.78, 5) is 31.6. The lowest BCUT2D eigenvalue weighted by Gasteiger charge is -2.36. The van der Waals surface area contributed by atoms with Crippen molar-refractivity contribution < 1.29 is 9.59 Å². The minimum Gasteiger partial charge on any atom is -0.339 e. The second-order valence-electron chi connectivity index (χ2n) is 11.6. The van der Waals surface area contributed by atoms with Crippen LogP contribution in [0.15, 0.2) is 70.5 Å². The Morgan fingerprint density at radius 2 is 1.51 bits per heavy atom. The van der Waals surface area contributed by atoms with Gasteiger partial charge in [-0.15, -0.1) is 0 Å². The van der Waals surface area contributed by atoms with E-state index in [0.717, 1.165) is 69.2 Å². The maximum atomic E-state index is 13.9. The Bertz CT molecular complexity index is 1330. The molecule has 0 aromatic heterocycles. The Hall–Kier alpha value is -2.85. The van der Waals surface area contributed by atoms with Gasteiger partial charge in [0.25, 0.3) is 0 Å². The average molecular weight is 570 g/mol. The third-order valence-electron chi connectivity index (χ3n) is 8.45. The third kappa shape index (κ3) is 7.71. The first-order chi connectivity index (χ1) is 20.0. The zero-order valence-electron chi connectivity index (χ0n) is 25.5. The monoisotopic (exact) mass is 569 g/mol. The van der Waals surface area contributed by atoms with Crippen LogP contribution in [-0.2, 0) is 0 Å². The number of hydrogen-bond donors (Lipinski definition) is 0. The number of aryl methyl sites for hydroxylation is 1. The van der Waals surface area contributed by atoms with Crippen LogP contribution in [0, 0.1) is 12.8 Å². The van der Waals surface area contributed by atoms with Crippen molar-refractivity contribution in [2.24, 2.45) is 5.92 Å². The van der Waals surface area contributed by atoms with E-state index < -0.39 is 0 Å². The Morgan fingerprint density at radius 1 is 0.780 bits per heavy atom. The number of anilines is 2. The fourth-order valence-electron chi connectivity index (χ4n) is 5.81. The Morgan fingerprint density at radius 3 is 2.27 bits per heavy atom. The molecule has 0 fully saturated rings. The molecule has 0 saturated carbocycles. The summed E-state index contributed by atoms with van der Waals surface area (Å²) in [5.41, 5.74) is 5.51. The highest BCUT2D eigenvalue weighted by Crippen LogP contribution is 2.50. The van der Waals surface area contributed by atoms with Crippen molar-refractivity contribution in [1.29, 1.82) is 0 Å². The second kappa shape index (κ2) is 15.4. The molecule has 0 amide bonds. The minimum absolute atomic E-state index is 0.0594. The minimum atomic E-state index is 0.0594. The summed E-state index contributed by atoms with van der Waals surface area (Å²) < 4.78 is 0. The van der Waals surface area contributed by atoms with Crippen molar-refractivity contribution in [3.05, 3.63) is 82.9 Å². The molecule has 1 atom stereocenters. The van der Waals surface area contributed by atoms with Crippen molar-refractivity contribution in [3.63, 3.8) is 0 Å². The fraction of sp³-hybridized carbons (Fsp3) is 0.459. The van der Waals surface area contributed by atoms with E-state index in [1.54, 1.807) is 11.8 Å². The third-order valence-corrected chi connectivity index (χ3v) is 9.63. The molecule has 1 aliphatic heterocycles. The van der Waals surface area contributed by atoms with Crippen LogP contribution in [0.5, 0.6) is 0 Å². The smallest absolute Gasteiger partial charge is 0.194 e. The molecular weight excluding hydrogens is 522 g/mol. The first-order valence-corrected chi connectivity index (χ1v) is 16.7. The molecular formula is C37H47NO2S. The highest BCUT2D eigenvalue weighted by atomic mass is 32.2. The van der Waals surface area contributed by atoms with E-state index in [9.17, 15) is 9.59 Å². The molecule has 218 valence electrons.